The van der Waals surface area contributed by atoms with Crippen LogP contribution in [0.15, 0.2) is 24.3 Å². The third-order valence-electron chi connectivity index (χ3n) is 3.46. The maximum absolute atomic E-state index is 12.3. The molecular weight excluding hydrogens is 242 g/mol. The highest BCUT2D eigenvalue weighted by atomic mass is 16.5. The van der Waals surface area contributed by atoms with Crippen LogP contribution in [-0.2, 0) is 9.53 Å². The summed E-state index contributed by atoms with van der Waals surface area (Å²) in [7, 11) is 1.58. The Morgan fingerprint density at radius 2 is 2.16 bits per heavy atom. The van der Waals surface area contributed by atoms with E-state index in [4.69, 9.17) is 9.47 Å². The van der Waals surface area contributed by atoms with Crippen molar-refractivity contribution in [2.75, 3.05) is 13.7 Å². The highest BCUT2D eigenvalue weighted by Gasteiger charge is 2.33. The van der Waals surface area contributed by atoms with E-state index in [0.717, 1.165) is 0 Å². The van der Waals surface area contributed by atoms with Gasteiger partial charge in [-0.2, -0.15) is 5.26 Å². The Bertz CT molecular complexity index is 489. The van der Waals surface area contributed by atoms with E-state index < -0.39 is 5.92 Å². The predicted molar refractivity (Wildman–Crippen MR) is 69.9 cm³/mol. The zero-order chi connectivity index (χ0) is 13.8. The molecule has 0 amide bonds. The van der Waals surface area contributed by atoms with Crippen LogP contribution in [0.2, 0.25) is 0 Å². The van der Waals surface area contributed by atoms with Gasteiger partial charge in [0, 0.05) is 5.92 Å². The summed E-state index contributed by atoms with van der Waals surface area (Å²) in [6.45, 7) is 2.37. The van der Waals surface area contributed by atoms with Gasteiger partial charge in [-0.15, -0.1) is 0 Å². The first kappa shape index (κ1) is 13.6. The zero-order valence-corrected chi connectivity index (χ0v) is 11.1. The van der Waals surface area contributed by atoms with Crippen LogP contribution in [-0.4, -0.2) is 25.6 Å². The average molecular weight is 259 g/mol. The molecule has 0 spiro atoms. The van der Waals surface area contributed by atoms with Gasteiger partial charge in [0.05, 0.1) is 25.9 Å². The van der Waals surface area contributed by atoms with Crippen LogP contribution in [0.3, 0.4) is 0 Å². The lowest BCUT2D eigenvalue weighted by Gasteiger charge is -2.13. The number of hydrogen-bond acceptors (Lipinski definition) is 4. The number of hydrogen-bond donors (Lipinski definition) is 0. The van der Waals surface area contributed by atoms with Crippen molar-refractivity contribution < 1.29 is 14.3 Å². The molecule has 4 nitrogen and oxygen atoms in total. The van der Waals surface area contributed by atoms with E-state index in [0.29, 0.717) is 24.3 Å². The number of Topliss-reactive ketones (excluding diaryl/α,β-unsaturated/α-hetero) is 1. The first-order valence-corrected chi connectivity index (χ1v) is 6.34. The minimum Gasteiger partial charge on any atom is -0.497 e. The topological polar surface area (TPSA) is 59.3 Å². The maximum Gasteiger partial charge on any atom is 0.159 e. The molecule has 3 unspecified atom stereocenters. The molecule has 0 radical (unpaired) electrons. The summed E-state index contributed by atoms with van der Waals surface area (Å²) in [5.74, 6) is -0.214. The molecule has 0 bridgehead atoms. The number of ketones is 1. The number of carbonyl (C=O) groups is 1. The smallest absolute Gasteiger partial charge is 0.159 e. The lowest BCUT2D eigenvalue weighted by atomic mass is 9.87. The fourth-order valence-corrected chi connectivity index (χ4v) is 2.35. The Labute approximate surface area is 112 Å². The first-order chi connectivity index (χ1) is 9.15. The lowest BCUT2D eigenvalue weighted by molar-refractivity contribution is -0.123. The van der Waals surface area contributed by atoms with Crippen molar-refractivity contribution in [2.24, 2.45) is 5.92 Å². The SMILES string of the molecule is COc1ccc(C(C#N)C(=O)C2COC(C)C2)cc1. The summed E-state index contributed by atoms with van der Waals surface area (Å²) in [6.07, 6.45) is 0.803. The third kappa shape index (κ3) is 2.94. The number of carbonyl (C=O) groups excluding carboxylic acids is 1. The van der Waals surface area contributed by atoms with Crippen LogP contribution >= 0.6 is 0 Å². The van der Waals surface area contributed by atoms with E-state index in [1.165, 1.54) is 0 Å². The summed E-state index contributed by atoms with van der Waals surface area (Å²) < 4.78 is 10.5. The molecule has 1 heterocycles. The Morgan fingerprint density at radius 3 is 2.63 bits per heavy atom. The molecule has 100 valence electrons. The molecule has 0 saturated carbocycles. The second kappa shape index (κ2) is 5.85. The number of nitrogens with zero attached hydrogens (tertiary/aromatic N) is 1. The van der Waals surface area contributed by atoms with Gasteiger partial charge in [0.1, 0.15) is 11.7 Å². The summed E-state index contributed by atoms with van der Waals surface area (Å²) in [5.41, 5.74) is 0.716. The van der Waals surface area contributed by atoms with E-state index in [1.807, 2.05) is 6.92 Å². The fraction of sp³-hybridized carbons (Fsp3) is 0.467. The minimum absolute atomic E-state index is 0.0444. The van der Waals surface area contributed by atoms with Crippen LogP contribution in [0, 0.1) is 17.2 Å². The van der Waals surface area contributed by atoms with Crippen LogP contribution in [0.25, 0.3) is 0 Å². The Morgan fingerprint density at radius 1 is 1.47 bits per heavy atom. The number of benzene rings is 1. The standard InChI is InChI=1S/C15H17NO3/c1-10-7-12(9-19-10)15(17)14(8-16)11-3-5-13(18-2)6-4-11/h3-6,10,12,14H,7,9H2,1-2H3. The summed E-state index contributed by atoms with van der Waals surface area (Å²) in [5, 5.41) is 9.26. The molecule has 0 N–H and O–H groups in total. The molecule has 19 heavy (non-hydrogen) atoms. The van der Waals surface area contributed by atoms with Gasteiger partial charge in [-0.1, -0.05) is 12.1 Å². The van der Waals surface area contributed by atoms with Crippen molar-refractivity contribution in [3.8, 4) is 11.8 Å². The monoisotopic (exact) mass is 259 g/mol. The van der Waals surface area contributed by atoms with Crippen molar-refractivity contribution in [1.29, 1.82) is 5.26 Å². The van der Waals surface area contributed by atoms with Crippen LogP contribution in [0.1, 0.15) is 24.8 Å². The molecule has 2 rings (SSSR count). The van der Waals surface area contributed by atoms with Gasteiger partial charge in [0.2, 0.25) is 0 Å². The summed E-state index contributed by atoms with van der Waals surface area (Å²) in [4.78, 5) is 12.3. The summed E-state index contributed by atoms with van der Waals surface area (Å²) >= 11 is 0. The number of nitriles is 1. The van der Waals surface area contributed by atoms with Gasteiger partial charge in [-0.3, -0.25) is 4.79 Å². The fourth-order valence-electron chi connectivity index (χ4n) is 2.35. The Kier molecular flexibility index (Phi) is 4.18. The van der Waals surface area contributed by atoms with Crippen LogP contribution < -0.4 is 4.74 Å². The Hall–Kier alpha value is -1.86. The van der Waals surface area contributed by atoms with Crippen LogP contribution in [0.5, 0.6) is 5.75 Å². The molecule has 1 aliphatic rings. The predicted octanol–water partition coefficient (Wildman–Crippen LogP) is 2.30. The van der Waals surface area contributed by atoms with E-state index in [2.05, 4.69) is 6.07 Å². The Balaban J connectivity index is 2.15. The second-order valence-electron chi connectivity index (χ2n) is 4.81. The van der Waals surface area contributed by atoms with E-state index in [-0.39, 0.29) is 17.8 Å². The summed E-state index contributed by atoms with van der Waals surface area (Å²) in [6, 6.07) is 9.17. The highest BCUT2D eigenvalue weighted by Crippen LogP contribution is 2.28. The third-order valence-corrected chi connectivity index (χ3v) is 3.46. The molecular formula is C15H17NO3. The normalized spacial score (nSPS) is 23.6. The van der Waals surface area contributed by atoms with Gasteiger partial charge < -0.3 is 9.47 Å². The maximum atomic E-state index is 12.3. The largest absolute Gasteiger partial charge is 0.497 e. The quantitative estimate of drug-likeness (QED) is 0.832. The molecule has 1 aromatic rings. The second-order valence-corrected chi connectivity index (χ2v) is 4.81. The zero-order valence-electron chi connectivity index (χ0n) is 11.1. The van der Waals surface area contributed by atoms with Crippen molar-refractivity contribution in [2.45, 2.75) is 25.4 Å². The molecule has 0 aliphatic carbocycles. The minimum atomic E-state index is -0.718. The lowest BCUT2D eigenvalue weighted by Crippen LogP contribution is -2.21. The van der Waals surface area contributed by atoms with E-state index >= 15 is 0 Å². The number of ether oxygens (including phenoxy) is 2. The highest BCUT2D eigenvalue weighted by molar-refractivity contribution is 5.90. The van der Waals surface area contributed by atoms with Gasteiger partial charge >= 0.3 is 0 Å². The van der Waals surface area contributed by atoms with E-state index in [9.17, 15) is 10.1 Å². The van der Waals surface area contributed by atoms with Gasteiger partial charge in [0.25, 0.3) is 0 Å². The van der Waals surface area contributed by atoms with Crippen LogP contribution in [0.4, 0.5) is 0 Å². The average Bonchev–Trinajstić information content (AvgIpc) is 2.87. The molecule has 1 saturated heterocycles. The van der Waals surface area contributed by atoms with E-state index in [1.54, 1.807) is 31.4 Å². The molecule has 0 aromatic heterocycles. The van der Waals surface area contributed by atoms with Crippen molar-refractivity contribution in [3.63, 3.8) is 0 Å². The molecule has 1 aliphatic heterocycles. The van der Waals surface area contributed by atoms with Gasteiger partial charge in [0.15, 0.2) is 5.78 Å². The molecule has 1 fully saturated rings. The van der Waals surface area contributed by atoms with Crippen molar-refractivity contribution in [1.82, 2.24) is 0 Å². The molecule has 4 heteroatoms. The number of rotatable bonds is 4. The molecule has 3 atom stereocenters. The number of methoxy groups -OCH3 is 1. The van der Waals surface area contributed by atoms with Gasteiger partial charge in [-0.05, 0) is 31.0 Å². The first-order valence-electron chi connectivity index (χ1n) is 6.34. The van der Waals surface area contributed by atoms with Gasteiger partial charge in [-0.25, -0.2) is 0 Å². The van der Waals surface area contributed by atoms with Crippen molar-refractivity contribution >= 4 is 5.78 Å². The molecule has 1 aromatic carbocycles. The van der Waals surface area contributed by atoms with Crippen molar-refractivity contribution in [3.05, 3.63) is 29.8 Å².